The lowest BCUT2D eigenvalue weighted by atomic mass is 10.1. The molecule has 4 N–H and O–H groups in total. The molecule has 1 aromatic heterocycles. The molecule has 166 valence electrons. The first kappa shape index (κ1) is 21.1. The third-order valence-electron chi connectivity index (χ3n) is 5.55. The number of fused-ring (bicyclic) bond motifs is 1. The van der Waals surface area contributed by atoms with E-state index in [2.05, 4.69) is 15.3 Å². The number of hydrogen-bond donors (Lipinski definition) is 4. The van der Waals surface area contributed by atoms with E-state index < -0.39 is 0 Å². The lowest BCUT2D eigenvalue weighted by Gasteiger charge is -2.23. The van der Waals surface area contributed by atoms with Crippen LogP contribution in [-0.2, 0) is 16.0 Å². The van der Waals surface area contributed by atoms with Crippen molar-refractivity contribution in [1.29, 1.82) is 0 Å². The number of ether oxygens (including phenoxy) is 1. The number of amides is 1. The molecule has 0 bridgehead atoms. The summed E-state index contributed by atoms with van der Waals surface area (Å²) in [5.74, 6) is 0.149. The summed E-state index contributed by atoms with van der Waals surface area (Å²) in [5.41, 5.74) is 1.55. The fourth-order valence-corrected chi connectivity index (χ4v) is 3.79. The van der Waals surface area contributed by atoms with Crippen LogP contribution in [0.25, 0.3) is 5.88 Å². The second kappa shape index (κ2) is 9.36. The molecule has 0 unspecified atom stereocenters. The molecule has 10 heteroatoms. The number of aliphatic hydroxyl groups is 2. The minimum atomic E-state index is -0.246. The molecule has 0 saturated carbocycles. The first-order chi connectivity index (χ1) is 15.0. The van der Waals surface area contributed by atoms with Crippen LogP contribution in [-0.4, -0.2) is 68.1 Å². The van der Waals surface area contributed by atoms with Crippen molar-refractivity contribution in [3.63, 3.8) is 0 Å². The fourth-order valence-electron chi connectivity index (χ4n) is 3.79. The van der Waals surface area contributed by atoms with Crippen molar-refractivity contribution >= 4 is 11.8 Å². The number of nitrogens with zero attached hydrogens (tertiary/aromatic N) is 4. The molecule has 1 saturated heterocycles. The molecular formula is C21H27N5O5. The van der Waals surface area contributed by atoms with Crippen molar-refractivity contribution in [2.24, 2.45) is 4.99 Å². The molecular weight excluding hydrogens is 402 g/mol. The first-order valence-electron chi connectivity index (χ1n) is 10.4. The van der Waals surface area contributed by atoms with Gasteiger partial charge in [-0.1, -0.05) is 12.1 Å². The summed E-state index contributed by atoms with van der Waals surface area (Å²) in [6.45, 7) is 1.01. The van der Waals surface area contributed by atoms with Crippen LogP contribution >= 0.6 is 0 Å². The number of phenols is 1. The van der Waals surface area contributed by atoms with Gasteiger partial charge in [-0.15, -0.1) is 0 Å². The molecule has 2 aliphatic rings. The number of carbonyl (C=O) groups is 1. The van der Waals surface area contributed by atoms with Crippen LogP contribution in [0.2, 0.25) is 0 Å². The van der Waals surface area contributed by atoms with E-state index >= 15 is 0 Å². The molecule has 2 atom stereocenters. The van der Waals surface area contributed by atoms with E-state index in [1.165, 1.54) is 0 Å². The SMILES string of the molecule is O=C(CCc1ccc(O)cc1)NCCN1CN=c2c(ncn2[C@H]2CC[C@@H](CO)O2)=C1O. The molecule has 4 rings (SSSR count). The number of nitrogens with one attached hydrogen (secondary N) is 1. The van der Waals surface area contributed by atoms with Gasteiger partial charge in [-0.3, -0.25) is 9.36 Å². The molecule has 3 heterocycles. The van der Waals surface area contributed by atoms with Gasteiger partial charge in [0.2, 0.25) is 11.8 Å². The predicted octanol–water partition coefficient (Wildman–Crippen LogP) is -0.476. The van der Waals surface area contributed by atoms with Gasteiger partial charge >= 0.3 is 0 Å². The lowest BCUT2D eigenvalue weighted by Crippen LogP contribution is -2.45. The average molecular weight is 429 g/mol. The minimum Gasteiger partial charge on any atom is -0.508 e. The smallest absolute Gasteiger partial charge is 0.220 e. The Bertz CT molecular complexity index is 1040. The van der Waals surface area contributed by atoms with Crippen molar-refractivity contribution in [3.8, 4) is 5.75 Å². The first-order valence-corrected chi connectivity index (χ1v) is 10.4. The van der Waals surface area contributed by atoms with Crippen LogP contribution in [0.3, 0.4) is 0 Å². The predicted molar refractivity (Wildman–Crippen MR) is 110 cm³/mol. The summed E-state index contributed by atoms with van der Waals surface area (Å²) >= 11 is 0. The largest absolute Gasteiger partial charge is 0.508 e. The van der Waals surface area contributed by atoms with Crippen molar-refractivity contribution in [2.75, 3.05) is 26.4 Å². The van der Waals surface area contributed by atoms with Gasteiger partial charge in [0.25, 0.3) is 0 Å². The number of aromatic hydroxyl groups is 1. The topological polar surface area (TPSA) is 132 Å². The normalized spacial score (nSPS) is 20.4. The highest BCUT2D eigenvalue weighted by molar-refractivity contribution is 5.76. The van der Waals surface area contributed by atoms with Crippen LogP contribution in [0, 0.1) is 0 Å². The highest BCUT2D eigenvalue weighted by Gasteiger charge is 2.28. The molecule has 2 aromatic rings. The maximum absolute atomic E-state index is 12.1. The number of carbonyl (C=O) groups excluding carboxylic acids is 1. The highest BCUT2D eigenvalue weighted by Crippen LogP contribution is 2.26. The van der Waals surface area contributed by atoms with Gasteiger partial charge in [0.15, 0.2) is 10.8 Å². The number of aliphatic hydroxyl groups excluding tert-OH is 2. The van der Waals surface area contributed by atoms with Crippen LogP contribution in [0.4, 0.5) is 0 Å². The molecule has 2 aliphatic heterocycles. The summed E-state index contributed by atoms with van der Waals surface area (Å²) in [6.07, 6.45) is 3.62. The highest BCUT2D eigenvalue weighted by atomic mass is 16.5. The Morgan fingerprint density at radius 1 is 1.23 bits per heavy atom. The third-order valence-corrected chi connectivity index (χ3v) is 5.55. The number of rotatable bonds is 8. The Hall–Kier alpha value is -3.11. The van der Waals surface area contributed by atoms with E-state index in [1.54, 1.807) is 40.1 Å². The molecule has 0 aliphatic carbocycles. The second-order valence-electron chi connectivity index (χ2n) is 7.70. The lowest BCUT2D eigenvalue weighted by molar-refractivity contribution is -0.121. The van der Waals surface area contributed by atoms with Gasteiger partial charge in [-0.25, -0.2) is 9.98 Å². The molecule has 10 nitrogen and oxygen atoms in total. The zero-order valence-corrected chi connectivity index (χ0v) is 17.1. The van der Waals surface area contributed by atoms with E-state index in [-0.39, 0.29) is 43.1 Å². The van der Waals surface area contributed by atoms with Crippen LogP contribution in [0.1, 0.15) is 31.1 Å². The van der Waals surface area contributed by atoms with Gasteiger partial charge in [0.1, 0.15) is 18.6 Å². The number of hydrogen-bond acceptors (Lipinski definition) is 8. The Morgan fingerprint density at radius 2 is 2.03 bits per heavy atom. The Labute approximate surface area is 179 Å². The number of phenolic OH excluding ortho intramolecular Hbond substituents is 1. The Kier molecular flexibility index (Phi) is 6.38. The van der Waals surface area contributed by atoms with Crippen LogP contribution < -0.4 is 16.2 Å². The zero-order valence-electron chi connectivity index (χ0n) is 17.1. The molecule has 0 radical (unpaired) electrons. The number of aromatic nitrogens is 2. The minimum absolute atomic E-state index is 0.0175. The third kappa shape index (κ3) is 4.80. The van der Waals surface area contributed by atoms with Gasteiger partial charge in [-0.2, -0.15) is 0 Å². The maximum Gasteiger partial charge on any atom is 0.220 e. The molecule has 1 fully saturated rings. The van der Waals surface area contributed by atoms with E-state index in [0.717, 1.165) is 18.4 Å². The molecule has 0 spiro atoms. The van der Waals surface area contributed by atoms with E-state index in [1.807, 2.05) is 0 Å². The Balaban J connectivity index is 1.29. The van der Waals surface area contributed by atoms with E-state index in [0.29, 0.717) is 36.8 Å². The molecule has 1 amide bonds. The van der Waals surface area contributed by atoms with Crippen molar-refractivity contribution in [1.82, 2.24) is 19.8 Å². The monoisotopic (exact) mass is 429 g/mol. The van der Waals surface area contributed by atoms with Gasteiger partial charge < -0.3 is 30.3 Å². The quantitative estimate of drug-likeness (QED) is 0.446. The summed E-state index contributed by atoms with van der Waals surface area (Å²) in [7, 11) is 0. The van der Waals surface area contributed by atoms with Gasteiger partial charge in [-0.05, 0) is 37.0 Å². The summed E-state index contributed by atoms with van der Waals surface area (Å²) in [6, 6.07) is 6.79. The summed E-state index contributed by atoms with van der Waals surface area (Å²) in [4.78, 5) is 22.6. The fraction of sp³-hybridized carbons (Fsp3) is 0.476. The number of benzene rings is 1. The summed E-state index contributed by atoms with van der Waals surface area (Å²) < 4.78 is 7.58. The van der Waals surface area contributed by atoms with Crippen LogP contribution in [0.15, 0.2) is 35.6 Å². The number of imidazole rings is 1. The maximum atomic E-state index is 12.1. The van der Waals surface area contributed by atoms with Crippen molar-refractivity contribution in [3.05, 3.63) is 47.0 Å². The standard InChI is InChI=1S/C21H27N5O5/c27-11-16-6-8-18(31-16)26-13-23-19-20(26)24-12-25(21(19)30)10-9-22-17(29)7-3-14-1-4-15(28)5-2-14/h1-2,4-5,13,16,18,27-28,30H,3,6-12H2,(H,22,29)/t16-,18+/m0/s1. The zero-order chi connectivity index (χ0) is 21.8. The van der Waals surface area contributed by atoms with E-state index in [4.69, 9.17) is 4.74 Å². The van der Waals surface area contributed by atoms with Crippen LogP contribution in [0.5, 0.6) is 5.75 Å². The summed E-state index contributed by atoms with van der Waals surface area (Å²) in [5, 5.41) is 32.4. The molecule has 1 aromatic carbocycles. The van der Waals surface area contributed by atoms with Crippen molar-refractivity contribution in [2.45, 2.75) is 38.0 Å². The average Bonchev–Trinajstić information content (AvgIpc) is 3.42. The van der Waals surface area contributed by atoms with Gasteiger partial charge in [0.05, 0.1) is 19.0 Å². The molecule has 31 heavy (non-hydrogen) atoms. The number of aryl methyl sites for hydroxylation is 1. The Morgan fingerprint density at radius 3 is 2.77 bits per heavy atom. The van der Waals surface area contributed by atoms with Crippen molar-refractivity contribution < 1.29 is 24.9 Å². The second-order valence-corrected chi connectivity index (χ2v) is 7.70. The van der Waals surface area contributed by atoms with Gasteiger partial charge in [0, 0.05) is 19.5 Å². The van der Waals surface area contributed by atoms with E-state index in [9.17, 15) is 20.1 Å².